The highest BCUT2D eigenvalue weighted by Gasteiger charge is 2.27. The maximum Gasteiger partial charge on any atom is 0.236 e. The number of aromatic nitrogens is 2. The lowest BCUT2D eigenvalue weighted by molar-refractivity contribution is -0.132. The number of carbonyl (C=O) groups is 1. The minimum absolute atomic E-state index is 0.235. The molecule has 0 bridgehead atoms. The average Bonchev–Trinajstić information content (AvgIpc) is 3.45. The summed E-state index contributed by atoms with van der Waals surface area (Å²) in [6.07, 6.45) is 3.55. The minimum Gasteiger partial charge on any atom is -0.353 e. The third-order valence-electron chi connectivity index (χ3n) is 6.85. The fraction of sp³-hybridized carbons (Fsp3) is 0.500. The summed E-state index contributed by atoms with van der Waals surface area (Å²) in [5.41, 5.74) is 1.48. The number of fused-ring (bicyclic) bond motifs is 3. The van der Waals surface area contributed by atoms with Gasteiger partial charge in [0.2, 0.25) is 5.91 Å². The molecule has 34 heavy (non-hydrogen) atoms. The van der Waals surface area contributed by atoms with Crippen molar-refractivity contribution in [3.8, 4) is 0 Å². The molecule has 0 unspecified atom stereocenters. The van der Waals surface area contributed by atoms with E-state index >= 15 is 0 Å². The number of thiophene rings is 1. The average molecular weight is 496 g/mol. The summed E-state index contributed by atoms with van der Waals surface area (Å²) < 4.78 is 0. The van der Waals surface area contributed by atoms with Crippen LogP contribution in [-0.2, 0) is 23.4 Å². The van der Waals surface area contributed by atoms with Crippen molar-refractivity contribution >= 4 is 45.0 Å². The standard InChI is InChI=1S/C26H33N5OS2/c1-3-30(4-2)23(32)17-29-13-15-31(16-14-29)25-24-20-11-8-12-21(20)34-26(24)28-22(27-25)18-33-19-9-6-5-7-10-19/h5-7,9-10H,3-4,8,11-18H2,1-2H3. The Kier molecular flexibility index (Phi) is 7.37. The Balaban J connectivity index is 1.35. The molecule has 2 aliphatic rings. The first-order valence-corrected chi connectivity index (χ1v) is 14.2. The summed E-state index contributed by atoms with van der Waals surface area (Å²) in [5, 5.41) is 1.29. The molecule has 1 aliphatic heterocycles. The quantitative estimate of drug-likeness (QED) is 0.430. The summed E-state index contributed by atoms with van der Waals surface area (Å²) in [5.74, 6) is 3.03. The number of likely N-dealkylation sites (N-methyl/N-ethyl adjacent to an activating group) is 1. The lowest BCUT2D eigenvalue weighted by Crippen LogP contribution is -2.50. The number of aryl methyl sites for hydroxylation is 2. The van der Waals surface area contributed by atoms with E-state index in [9.17, 15) is 4.79 Å². The molecule has 3 heterocycles. The van der Waals surface area contributed by atoms with E-state index in [0.717, 1.165) is 67.9 Å². The predicted molar refractivity (Wildman–Crippen MR) is 142 cm³/mol. The maximum absolute atomic E-state index is 12.6. The molecule has 2 aromatic heterocycles. The largest absolute Gasteiger partial charge is 0.353 e. The van der Waals surface area contributed by atoms with Crippen LogP contribution in [0.5, 0.6) is 0 Å². The number of benzene rings is 1. The van der Waals surface area contributed by atoms with E-state index in [1.807, 2.05) is 36.2 Å². The molecular formula is C26H33N5OS2. The zero-order chi connectivity index (χ0) is 23.5. The second-order valence-electron chi connectivity index (χ2n) is 8.93. The second kappa shape index (κ2) is 10.6. The van der Waals surface area contributed by atoms with Crippen LogP contribution in [0.3, 0.4) is 0 Å². The molecule has 8 heteroatoms. The van der Waals surface area contributed by atoms with Gasteiger partial charge in [-0.15, -0.1) is 23.1 Å². The van der Waals surface area contributed by atoms with E-state index in [1.165, 1.54) is 33.6 Å². The molecule has 1 saturated heterocycles. The van der Waals surface area contributed by atoms with Crippen molar-refractivity contribution in [2.75, 3.05) is 50.7 Å². The molecule has 0 radical (unpaired) electrons. The van der Waals surface area contributed by atoms with Gasteiger partial charge in [-0.05, 0) is 50.8 Å². The van der Waals surface area contributed by atoms with Gasteiger partial charge in [0, 0.05) is 49.0 Å². The Morgan fingerprint density at radius 3 is 2.56 bits per heavy atom. The topological polar surface area (TPSA) is 52.6 Å². The first-order valence-electron chi connectivity index (χ1n) is 12.4. The number of anilines is 1. The summed E-state index contributed by atoms with van der Waals surface area (Å²) in [4.78, 5) is 33.3. The number of hydrogen-bond acceptors (Lipinski definition) is 7. The van der Waals surface area contributed by atoms with Gasteiger partial charge in [0.25, 0.3) is 0 Å². The first kappa shape index (κ1) is 23.6. The number of hydrogen-bond donors (Lipinski definition) is 0. The lowest BCUT2D eigenvalue weighted by Gasteiger charge is -2.36. The van der Waals surface area contributed by atoms with Gasteiger partial charge in [0.15, 0.2) is 0 Å². The Labute approximate surface area is 210 Å². The van der Waals surface area contributed by atoms with E-state index in [4.69, 9.17) is 9.97 Å². The SMILES string of the molecule is CCN(CC)C(=O)CN1CCN(c2nc(CSc3ccccc3)nc3sc4c(c23)CCC4)CC1. The van der Waals surface area contributed by atoms with Crippen LogP contribution in [0.1, 0.15) is 36.5 Å². The molecular weight excluding hydrogens is 462 g/mol. The molecule has 0 spiro atoms. The van der Waals surface area contributed by atoms with Crippen LogP contribution in [0.15, 0.2) is 35.2 Å². The number of carbonyl (C=O) groups excluding carboxylic acids is 1. The fourth-order valence-electron chi connectivity index (χ4n) is 4.96. The van der Waals surface area contributed by atoms with Crippen LogP contribution in [0, 0.1) is 0 Å². The highest BCUT2D eigenvalue weighted by molar-refractivity contribution is 7.98. The van der Waals surface area contributed by atoms with Gasteiger partial charge >= 0.3 is 0 Å². The highest BCUT2D eigenvalue weighted by atomic mass is 32.2. The van der Waals surface area contributed by atoms with Crippen LogP contribution < -0.4 is 4.90 Å². The molecule has 6 nitrogen and oxygen atoms in total. The van der Waals surface area contributed by atoms with Crippen molar-refractivity contribution in [1.82, 2.24) is 19.8 Å². The zero-order valence-electron chi connectivity index (χ0n) is 20.1. The van der Waals surface area contributed by atoms with Crippen LogP contribution in [0.25, 0.3) is 10.2 Å². The smallest absolute Gasteiger partial charge is 0.236 e. The third-order valence-corrected chi connectivity index (χ3v) is 9.04. The predicted octanol–water partition coefficient (Wildman–Crippen LogP) is 4.46. The molecule has 180 valence electrons. The van der Waals surface area contributed by atoms with Crippen LogP contribution in [0.2, 0.25) is 0 Å². The minimum atomic E-state index is 0.235. The summed E-state index contributed by atoms with van der Waals surface area (Å²) in [7, 11) is 0. The van der Waals surface area contributed by atoms with Crippen molar-refractivity contribution in [3.63, 3.8) is 0 Å². The Morgan fingerprint density at radius 2 is 1.82 bits per heavy atom. The van der Waals surface area contributed by atoms with Crippen LogP contribution >= 0.6 is 23.1 Å². The van der Waals surface area contributed by atoms with Gasteiger partial charge in [0.05, 0.1) is 17.7 Å². The summed E-state index contributed by atoms with van der Waals surface area (Å²) >= 11 is 3.66. The first-order chi connectivity index (χ1) is 16.7. The maximum atomic E-state index is 12.6. The van der Waals surface area contributed by atoms with Gasteiger partial charge in [0.1, 0.15) is 16.5 Å². The molecule has 3 aromatic rings. The highest BCUT2D eigenvalue weighted by Crippen LogP contribution is 2.41. The van der Waals surface area contributed by atoms with Gasteiger partial charge in [-0.2, -0.15) is 0 Å². The summed E-state index contributed by atoms with van der Waals surface area (Å²) in [6, 6.07) is 10.5. The van der Waals surface area contributed by atoms with Crippen molar-refractivity contribution < 1.29 is 4.79 Å². The Hall–Kier alpha value is -2.16. The normalized spacial score (nSPS) is 16.2. The van der Waals surface area contributed by atoms with E-state index in [2.05, 4.69) is 34.1 Å². The van der Waals surface area contributed by atoms with E-state index in [1.54, 1.807) is 11.8 Å². The second-order valence-corrected chi connectivity index (χ2v) is 11.1. The van der Waals surface area contributed by atoms with Crippen LogP contribution in [-0.4, -0.2) is 71.5 Å². The number of thioether (sulfide) groups is 1. The monoisotopic (exact) mass is 495 g/mol. The fourth-order valence-corrected chi connectivity index (χ4v) is 7.01. The number of piperazine rings is 1. The van der Waals surface area contributed by atoms with Crippen molar-refractivity contribution in [3.05, 3.63) is 46.6 Å². The van der Waals surface area contributed by atoms with Crippen molar-refractivity contribution in [2.24, 2.45) is 0 Å². The molecule has 5 rings (SSSR count). The van der Waals surface area contributed by atoms with Crippen molar-refractivity contribution in [2.45, 2.75) is 43.8 Å². The lowest BCUT2D eigenvalue weighted by atomic mass is 10.1. The molecule has 1 fully saturated rings. The molecule has 0 atom stereocenters. The van der Waals surface area contributed by atoms with Gasteiger partial charge in [-0.25, -0.2) is 9.97 Å². The van der Waals surface area contributed by atoms with E-state index < -0.39 is 0 Å². The summed E-state index contributed by atoms with van der Waals surface area (Å²) in [6.45, 7) is 9.74. The number of rotatable bonds is 8. The van der Waals surface area contributed by atoms with E-state index in [-0.39, 0.29) is 5.91 Å². The zero-order valence-corrected chi connectivity index (χ0v) is 21.8. The van der Waals surface area contributed by atoms with E-state index in [0.29, 0.717) is 6.54 Å². The molecule has 1 aromatic carbocycles. The number of nitrogens with zero attached hydrogens (tertiary/aromatic N) is 5. The Morgan fingerprint density at radius 1 is 1.06 bits per heavy atom. The number of amides is 1. The molecule has 0 saturated carbocycles. The Bertz CT molecular complexity index is 1140. The van der Waals surface area contributed by atoms with Crippen molar-refractivity contribution in [1.29, 1.82) is 0 Å². The molecule has 1 aliphatic carbocycles. The third kappa shape index (κ3) is 4.95. The molecule has 0 N–H and O–H groups in total. The van der Waals surface area contributed by atoms with Gasteiger partial charge < -0.3 is 9.80 Å². The molecule has 1 amide bonds. The van der Waals surface area contributed by atoms with Gasteiger partial charge in [-0.3, -0.25) is 9.69 Å². The van der Waals surface area contributed by atoms with Gasteiger partial charge in [-0.1, -0.05) is 18.2 Å². The van der Waals surface area contributed by atoms with Crippen LogP contribution in [0.4, 0.5) is 5.82 Å².